The Balaban J connectivity index is 2.07. The summed E-state index contributed by atoms with van der Waals surface area (Å²) in [6.45, 7) is 2.97. The van der Waals surface area contributed by atoms with E-state index in [9.17, 15) is 0 Å². The van der Waals surface area contributed by atoms with Gasteiger partial charge >= 0.3 is 0 Å². The molecule has 0 unspecified atom stereocenters. The molecule has 3 aromatic rings. The van der Waals surface area contributed by atoms with Gasteiger partial charge in [-0.15, -0.1) is 0 Å². The Hall–Kier alpha value is -2.54. The van der Waals surface area contributed by atoms with E-state index in [0.717, 1.165) is 22.5 Å². The van der Waals surface area contributed by atoms with Gasteiger partial charge in [0, 0.05) is 7.11 Å². The zero-order chi connectivity index (χ0) is 14.8. The maximum Gasteiger partial charge on any atom is 0.186 e. The van der Waals surface area contributed by atoms with Crippen molar-refractivity contribution in [2.24, 2.45) is 0 Å². The fraction of sp³-hybridized carbons (Fsp3) is 0.286. The summed E-state index contributed by atoms with van der Waals surface area (Å²) < 4.78 is 12.4. The topological polar surface area (TPSA) is 91.0 Å². The first-order valence-corrected chi connectivity index (χ1v) is 6.68. The summed E-state index contributed by atoms with van der Waals surface area (Å²) in [5.41, 5.74) is 8.24. The van der Waals surface area contributed by atoms with Crippen molar-refractivity contribution in [1.82, 2.24) is 20.0 Å². The third-order valence-corrected chi connectivity index (χ3v) is 3.16. The second kappa shape index (κ2) is 5.45. The molecular formula is C14H17N5O2. The zero-order valence-electron chi connectivity index (χ0n) is 12.0. The van der Waals surface area contributed by atoms with Gasteiger partial charge in [0.1, 0.15) is 17.3 Å². The molecule has 0 atom stereocenters. The largest absolute Gasteiger partial charge is 0.494 e. The van der Waals surface area contributed by atoms with Gasteiger partial charge in [-0.25, -0.2) is 4.68 Å². The number of methoxy groups -OCH3 is 1. The number of fused-ring (bicyclic) bond motifs is 1. The molecule has 2 aromatic heterocycles. The van der Waals surface area contributed by atoms with Crippen molar-refractivity contribution in [2.75, 3.05) is 19.5 Å². The molecular weight excluding hydrogens is 270 g/mol. The molecule has 7 nitrogen and oxygen atoms in total. The average Bonchev–Trinajstić information content (AvgIpc) is 3.03. The van der Waals surface area contributed by atoms with Crippen LogP contribution in [0, 0.1) is 0 Å². The van der Waals surface area contributed by atoms with E-state index < -0.39 is 0 Å². The molecule has 21 heavy (non-hydrogen) atoms. The average molecular weight is 287 g/mol. The Morgan fingerprint density at radius 1 is 1.29 bits per heavy atom. The molecule has 0 bridgehead atoms. The molecule has 3 rings (SSSR count). The first-order chi connectivity index (χ1) is 10.2. The number of benzene rings is 1. The van der Waals surface area contributed by atoms with Crippen LogP contribution < -0.4 is 10.5 Å². The Morgan fingerprint density at radius 2 is 2.05 bits per heavy atom. The number of ether oxygens (including phenoxy) is 2. The van der Waals surface area contributed by atoms with Gasteiger partial charge in [0.05, 0.1) is 24.3 Å². The van der Waals surface area contributed by atoms with Crippen molar-refractivity contribution in [3.8, 4) is 11.4 Å². The minimum atomic E-state index is 0.379. The van der Waals surface area contributed by atoms with Crippen molar-refractivity contribution in [3.05, 3.63) is 30.0 Å². The molecule has 0 aliphatic heterocycles. The molecule has 0 saturated carbocycles. The Labute approximate surface area is 121 Å². The fourth-order valence-corrected chi connectivity index (χ4v) is 2.27. The normalized spacial score (nSPS) is 11.1. The van der Waals surface area contributed by atoms with Crippen LogP contribution in [0.3, 0.4) is 0 Å². The lowest BCUT2D eigenvalue weighted by atomic mass is 10.3. The molecule has 0 saturated heterocycles. The quantitative estimate of drug-likeness (QED) is 0.747. The molecule has 7 heteroatoms. The number of anilines is 1. The molecule has 0 fully saturated rings. The van der Waals surface area contributed by atoms with Gasteiger partial charge < -0.3 is 15.2 Å². The van der Waals surface area contributed by atoms with E-state index in [1.165, 1.54) is 0 Å². The first-order valence-electron chi connectivity index (χ1n) is 6.68. The molecule has 3 N–H and O–H groups in total. The van der Waals surface area contributed by atoms with E-state index >= 15 is 0 Å². The number of aromatic nitrogens is 4. The van der Waals surface area contributed by atoms with Gasteiger partial charge in [0.2, 0.25) is 0 Å². The van der Waals surface area contributed by atoms with Gasteiger partial charge in [-0.1, -0.05) is 0 Å². The van der Waals surface area contributed by atoms with E-state index in [1.54, 1.807) is 11.8 Å². The molecule has 0 aliphatic rings. The lowest BCUT2D eigenvalue weighted by Gasteiger charge is -2.05. The highest BCUT2D eigenvalue weighted by Crippen LogP contribution is 2.26. The lowest BCUT2D eigenvalue weighted by Crippen LogP contribution is -2.00. The number of nitrogens with one attached hydrogen (secondary N) is 1. The smallest absolute Gasteiger partial charge is 0.186 e. The molecule has 0 amide bonds. The van der Waals surface area contributed by atoms with Crippen LogP contribution >= 0.6 is 0 Å². The molecule has 0 aliphatic carbocycles. The van der Waals surface area contributed by atoms with Crippen LogP contribution in [0.15, 0.2) is 24.3 Å². The summed E-state index contributed by atoms with van der Waals surface area (Å²) in [7, 11) is 1.62. The highest BCUT2D eigenvalue weighted by atomic mass is 16.5. The number of H-pyrrole nitrogens is 1. The Morgan fingerprint density at radius 3 is 2.71 bits per heavy atom. The third kappa shape index (κ3) is 2.31. The zero-order valence-corrected chi connectivity index (χ0v) is 12.0. The van der Waals surface area contributed by atoms with Gasteiger partial charge in [-0.3, -0.25) is 5.10 Å². The van der Waals surface area contributed by atoms with Crippen LogP contribution in [-0.2, 0) is 11.3 Å². The summed E-state index contributed by atoms with van der Waals surface area (Å²) in [6, 6.07) is 7.66. The van der Waals surface area contributed by atoms with Gasteiger partial charge in [0.15, 0.2) is 5.65 Å². The minimum Gasteiger partial charge on any atom is -0.494 e. The summed E-state index contributed by atoms with van der Waals surface area (Å²) in [4.78, 5) is 0. The van der Waals surface area contributed by atoms with Crippen molar-refractivity contribution in [3.63, 3.8) is 0 Å². The first kappa shape index (κ1) is 13.4. The summed E-state index contributed by atoms with van der Waals surface area (Å²) in [6.07, 6.45) is 0. The highest BCUT2D eigenvalue weighted by molar-refractivity contribution is 5.89. The number of nitrogen functional groups attached to an aromatic ring is 1. The van der Waals surface area contributed by atoms with Crippen LogP contribution in [0.5, 0.6) is 5.75 Å². The van der Waals surface area contributed by atoms with Crippen molar-refractivity contribution >= 4 is 16.9 Å². The number of hydrogen-bond acceptors (Lipinski definition) is 5. The minimum absolute atomic E-state index is 0.379. The highest BCUT2D eigenvalue weighted by Gasteiger charge is 2.17. The maximum absolute atomic E-state index is 5.92. The monoisotopic (exact) mass is 287 g/mol. The molecule has 2 heterocycles. The standard InChI is InChI=1S/C14H17N5O2/c1-3-21-10-6-4-9(5-7-10)19-14-12(13(15)16-17-14)11(18-19)8-20-2/h4-7H,3,8H2,1-2H3,(H3,15,16,17). The van der Waals surface area contributed by atoms with Crippen LogP contribution in [0.25, 0.3) is 16.7 Å². The second-order valence-electron chi connectivity index (χ2n) is 4.55. The Bertz CT molecular complexity index is 745. The number of nitrogens with zero attached hydrogens (tertiary/aromatic N) is 3. The van der Waals surface area contributed by atoms with E-state index in [1.807, 2.05) is 31.2 Å². The van der Waals surface area contributed by atoms with Gasteiger partial charge in [0.25, 0.3) is 0 Å². The van der Waals surface area contributed by atoms with Crippen molar-refractivity contribution in [1.29, 1.82) is 0 Å². The third-order valence-electron chi connectivity index (χ3n) is 3.16. The van der Waals surface area contributed by atoms with Crippen LogP contribution in [0.4, 0.5) is 5.82 Å². The lowest BCUT2D eigenvalue weighted by molar-refractivity contribution is 0.182. The Kier molecular flexibility index (Phi) is 3.49. The number of aromatic amines is 1. The number of nitrogens with two attached hydrogens (primary N) is 1. The molecule has 0 radical (unpaired) electrons. The van der Waals surface area contributed by atoms with Gasteiger partial charge in [-0.2, -0.15) is 10.2 Å². The summed E-state index contributed by atoms with van der Waals surface area (Å²) in [5.74, 6) is 1.32. The summed E-state index contributed by atoms with van der Waals surface area (Å²) in [5, 5.41) is 12.3. The number of rotatable bonds is 5. The molecule has 0 spiro atoms. The van der Waals surface area contributed by atoms with E-state index in [2.05, 4.69) is 15.3 Å². The molecule has 110 valence electrons. The fourth-order valence-electron chi connectivity index (χ4n) is 2.27. The van der Waals surface area contributed by atoms with Crippen molar-refractivity contribution < 1.29 is 9.47 Å². The maximum atomic E-state index is 5.92. The van der Waals surface area contributed by atoms with E-state index in [4.69, 9.17) is 15.2 Å². The van der Waals surface area contributed by atoms with Crippen molar-refractivity contribution in [2.45, 2.75) is 13.5 Å². The van der Waals surface area contributed by atoms with Crippen LogP contribution in [-0.4, -0.2) is 33.7 Å². The van der Waals surface area contributed by atoms with Crippen LogP contribution in [0.1, 0.15) is 12.6 Å². The predicted molar refractivity (Wildman–Crippen MR) is 79.5 cm³/mol. The second-order valence-corrected chi connectivity index (χ2v) is 4.55. The number of hydrogen-bond donors (Lipinski definition) is 2. The van der Waals surface area contributed by atoms with E-state index in [0.29, 0.717) is 24.7 Å². The SMILES string of the molecule is CCOc1ccc(-n2nc(COC)c3c(N)[nH]nc32)cc1. The molecule has 1 aromatic carbocycles. The van der Waals surface area contributed by atoms with E-state index in [-0.39, 0.29) is 0 Å². The predicted octanol–water partition coefficient (Wildman–Crippen LogP) is 1.88. The van der Waals surface area contributed by atoms with Gasteiger partial charge in [-0.05, 0) is 31.2 Å². The summed E-state index contributed by atoms with van der Waals surface area (Å²) >= 11 is 0. The van der Waals surface area contributed by atoms with Crippen LogP contribution in [0.2, 0.25) is 0 Å².